The first-order valence-corrected chi connectivity index (χ1v) is 11.9. The molecule has 0 saturated heterocycles. The number of aromatic nitrogens is 7. The third-order valence-electron chi connectivity index (χ3n) is 5.91. The molecule has 0 spiro atoms. The van der Waals surface area contributed by atoms with Crippen molar-refractivity contribution in [3.63, 3.8) is 0 Å². The summed E-state index contributed by atoms with van der Waals surface area (Å²) < 4.78 is 55.3. The van der Waals surface area contributed by atoms with Crippen molar-refractivity contribution in [2.24, 2.45) is 5.92 Å². The van der Waals surface area contributed by atoms with Gasteiger partial charge in [-0.2, -0.15) is 13.2 Å². The van der Waals surface area contributed by atoms with E-state index in [0.717, 1.165) is 4.68 Å². The topological polar surface area (TPSA) is 133 Å². The number of aliphatic hydroxyl groups is 1. The van der Waals surface area contributed by atoms with E-state index in [1.54, 1.807) is 12.1 Å². The van der Waals surface area contributed by atoms with Gasteiger partial charge in [-0.15, -0.1) is 10.2 Å². The van der Waals surface area contributed by atoms with Crippen molar-refractivity contribution < 1.29 is 27.5 Å². The highest BCUT2D eigenvalue weighted by Crippen LogP contribution is 2.35. The lowest BCUT2D eigenvalue weighted by Crippen LogP contribution is -2.37. The van der Waals surface area contributed by atoms with Gasteiger partial charge in [0.25, 0.3) is 0 Å². The monoisotopic (exact) mass is 566 g/mol. The summed E-state index contributed by atoms with van der Waals surface area (Å²) in [4.78, 5) is 33.5. The molecule has 5 rings (SSSR count). The van der Waals surface area contributed by atoms with Gasteiger partial charge in [-0.1, -0.05) is 11.6 Å². The number of pyridine rings is 1. The minimum Gasteiger partial charge on any atom is -0.382 e. The lowest BCUT2D eigenvalue weighted by atomic mass is 10.2. The maximum Gasteiger partial charge on any atom is 0.416 e. The molecule has 0 aliphatic heterocycles. The molecule has 1 aliphatic carbocycles. The van der Waals surface area contributed by atoms with E-state index in [2.05, 4.69) is 25.5 Å². The van der Waals surface area contributed by atoms with Crippen LogP contribution in [0.4, 0.5) is 23.4 Å². The molecule has 39 heavy (non-hydrogen) atoms. The Labute approximate surface area is 221 Å². The van der Waals surface area contributed by atoms with Crippen LogP contribution >= 0.6 is 11.6 Å². The van der Waals surface area contributed by atoms with Crippen LogP contribution in [0.1, 0.15) is 12.2 Å². The van der Waals surface area contributed by atoms with Gasteiger partial charge in [-0.05, 0) is 42.8 Å². The molecule has 1 fully saturated rings. The number of hydrogen-bond acceptors (Lipinski definition) is 7. The molecule has 204 valence electrons. The number of anilines is 1. The number of nitrogens with zero attached hydrogens (tertiary/aromatic N) is 7. The van der Waals surface area contributed by atoms with Crippen LogP contribution in [0.5, 0.6) is 0 Å². The summed E-state index contributed by atoms with van der Waals surface area (Å²) in [6, 6.07) is 9.08. The summed E-state index contributed by atoms with van der Waals surface area (Å²) in [7, 11) is 0. The molecule has 0 radical (unpaired) electrons. The van der Waals surface area contributed by atoms with Gasteiger partial charge in [0.2, 0.25) is 5.91 Å². The van der Waals surface area contributed by atoms with Crippen molar-refractivity contribution in [2.45, 2.75) is 38.0 Å². The summed E-state index contributed by atoms with van der Waals surface area (Å²) in [5.41, 5.74) is -0.321. The molecule has 16 heteroatoms. The van der Waals surface area contributed by atoms with Crippen LogP contribution in [0, 0.1) is 5.92 Å². The molecule has 1 saturated carbocycles. The molecular weight excluding hydrogens is 548 g/mol. The number of aliphatic hydroxyl groups excluding tert-OH is 1. The molecule has 3 heterocycles. The van der Waals surface area contributed by atoms with Gasteiger partial charge in [-0.3, -0.25) is 9.36 Å². The van der Waals surface area contributed by atoms with Crippen molar-refractivity contribution in [1.82, 2.24) is 34.1 Å². The second-order valence-electron chi connectivity index (χ2n) is 8.76. The smallest absolute Gasteiger partial charge is 0.382 e. The van der Waals surface area contributed by atoms with Crippen LogP contribution < -0.4 is 11.0 Å². The SMILES string of the molecule is O=C(Nc1ncccc1-n1cnc(Cn2nc(-c3ccc(Cl)cc3)n(CC(O)C(F)(F)F)c2=O)n1)C1CC1F. The summed E-state index contributed by atoms with van der Waals surface area (Å²) in [6.45, 7) is -1.41. The zero-order chi connectivity index (χ0) is 27.9. The number of rotatable bonds is 8. The Balaban J connectivity index is 1.43. The van der Waals surface area contributed by atoms with E-state index in [0.29, 0.717) is 20.8 Å². The van der Waals surface area contributed by atoms with E-state index >= 15 is 0 Å². The lowest BCUT2D eigenvalue weighted by Gasteiger charge is -2.15. The number of halogens is 5. The highest BCUT2D eigenvalue weighted by atomic mass is 35.5. The number of nitrogens with one attached hydrogen (secondary N) is 1. The van der Waals surface area contributed by atoms with Crippen LogP contribution in [0.2, 0.25) is 5.02 Å². The van der Waals surface area contributed by atoms with Gasteiger partial charge >= 0.3 is 11.9 Å². The molecule has 1 amide bonds. The van der Waals surface area contributed by atoms with Crippen molar-refractivity contribution in [1.29, 1.82) is 0 Å². The van der Waals surface area contributed by atoms with E-state index in [4.69, 9.17) is 11.6 Å². The summed E-state index contributed by atoms with van der Waals surface area (Å²) in [6.07, 6.45) is -6.10. The Morgan fingerprint density at radius 1 is 1.18 bits per heavy atom. The first kappa shape index (κ1) is 26.5. The molecule has 3 atom stereocenters. The molecule has 3 aromatic heterocycles. The predicted octanol–water partition coefficient (Wildman–Crippen LogP) is 2.61. The number of carbonyl (C=O) groups excluding carboxylic acids is 1. The minimum absolute atomic E-state index is 0.0629. The third-order valence-corrected chi connectivity index (χ3v) is 6.17. The van der Waals surface area contributed by atoms with Gasteiger partial charge < -0.3 is 10.4 Å². The normalized spacial score (nSPS) is 17.7. The van der Waals surface area contributed by atoms with Crippen LogP contribution in [-0.4, -0.2) is 63.6 Å². The van der Waals surface area contributed by atoms with Gasteiger partial charge in [0.1, 0.15) is 24.7 Å². The number of hydrogen-bond donors (Lipinski definition) is 2. The third kappa shape index (κ3) is 5.68. The summed E-state index contributed by atoms with van der Waals surface area (Å²) >= 11 is 5.90. The van der Waals surface area contributed by atoms with Crippen molar-refractivity contribution in [2.75, 3.05) is 5.32 Å². The Morgan fingerprint density at radius 3 is 2.56 bits per heavy atom. The van der Waals surface area contributed by atoms with Crippen LogP contribution in [0.25, 0.3) is 17.1 Å². The van der Waals surface area contributed by atoms with E-state index < -0.39 is 42.5 Å². The first-order chi connectivity index (χ1) is 18.5. The van der Waals surface area contributed by atoms with Crippen LogP contribution in [-0.2, 0) is 17.9 Å². The second-order valence-corrected chi connectivity index (χ2v) is 9.20. The highest BCUT2D eigenvalue weighted by molar-refractivity contribution is 6.30. The summed E-state index contributed by atoms with van der Waals surface area (Å²) in [5.74, 6) is -1.20. The minimum atomic E-state index is -4.96. The quantitative estimate of drug-likeness (QED) is 0.313. The number of carbonyl (C=O) groups is 1. The largest absolute Gasteiger partial charge is 0.416 e. The Bertz CT molecular complexity index is 1570. The molecule has 1 aromatic carbocycles. The molecule has 2 N–H and O–H groups in total. The highest BCUT2D eigenvalue weighted by Gasteiger charge is 2.44. The van der Waals surface area contributed by atoms with E-state index in [-0.39, 0.29) is 30.4 Å². The van der Waals surface area contributed by atoms with Gasteiger partial charge in [0.05, 0.1) is 12.5 Å². The Morgan fingerprint density at radius 2 is 1.90 bits per heavy atom. The fourth-order valence-corrected chi connectivity index (χ4v) is 3.87. The number of benzene rings is 1. The number of alkyl halides is 4. The maximum absolute atomic E-state index is 13.3. The Hall–Kier alpha value is -4.11. The molecular formula is C23H19ClF4N8O3. The number of amides is 1. The maximum atomic E-state index is 13.3. The summed E-state index contributed by atoms with van der Waals surface area (Å²) in [5, 5.41) is 21.0. The van der Waals surface area contributed by atoms with Gasteiger partial charge in [0, 0.05) is 16.8 Å². The van der Waals surface area contributed by atoms with Gasteiger partial charge in [-0.25, -0.2) is 28.5 Å². The molecule has 0 bridgehead atoms. The van der Waals surface area contributed by atoms with E-state index in [1.165, 1.54) is 41.5 Å². The average Bonchev–Trinajstić information content (AvgIpc) is 3.32. The van der Waals surface area contributed by atoms with E-state index in [9.17, 15) is 32.3 Å². The van der Waals surface area contributed by atoms with Gasteiger partial charge in [0.15, 0.2) is 23.6 Å². The van der Waals surface area contributed by atoms with Crippen LogP contribution in [0.15, 0.2) is 53.7 Å². The molecule has 3 unspecified atom stereocenters. The fraction of sp³-hybridized carbons (Fsp3) is 0.304. The molecule has 11 nitrogen and oxygen atoms in total. The standard InChI is InChI=1S/C23H19ClF4N8O3/c24-13-5-3-12(4-6-13)20-33-35(22(39)34(20)9-17(37)23(26,27)28)10-18-30-11-36(32-18)16-2-1-7-29-19(16)31-21(38)14-8-15(14)25/h1-7,11,14-15,17,37H,8-10H2,(H,29,31,38). The zero-order valence-electron chi connectivity index (χ0n) is 19.8. The molecule has 1 aliphatic rings. The van der Waals surface area contributed by atoms with Crippen molar-refractivity contribution in [3.05, 3.63) is 70.3 Å². The van der Waals surface area contributed by atoms with Crippen molar-refractivity contribution in [3.8, 4) is 17.1 Å². The zero-order valence-corrected chi connectivity index (χ0v) is 20.5. The Kier molecular flexibility index (Phi) is 6.94. The first-order valence-electron chi connectivity index (χ1n) is 11.5. The van der Waals surface area contributed by atoms with Crippen molar-refractivity contribution >= 4 is 23.3 Å². The second kappa shape index (κ2) is 10.2. The fourth-order valence-electron chi connectivity index (χ4n) is 3.74. The molecule has 4 aromatic rings. The average molecular weight is 567 g/mol. The van der Waals surface area contributed by atoms with Crippen LogP contribution in [0.3, 0.4) is 0 Å². The predicted molar refractivity (Wildman–Crippen MR) is 129 cm³/mol. The lowest BCUT2D eigenvalue weighted by molar-refractivity contribution is -0.207. The van der Waals surface area contributed by atoms with E-state index in [1.807, 2.05) is 0 Å².